The SMILES string of the molecule is O=C1c2c(O[C@@H]3O[C@H](CO)[C@@H](O)[C@H](O)[C@H]3O)cc(O)cc2O[C@H](c2ccc(O)cc2)[C@H]1O. The Hall–Kier alpha value is -2.93. The summed E-state index contributed by atoms with van der Waals surface area (Å²) >= 11 is 0. The number of ketones is 1. The molecule has 0 bridgehead atoms. The zero-order valence-corrected chi connectivity index (χ0v) is 16.5. The van der Waals surface area contributed by atoms with Crippen molar-refractivity contribution in [2.24, 2.45) is 0 Å². The molecule has 11 nitrogen and oxygen atoms in total. The number of hydrogen-bond donors (Lipinski definition) is 7. The second-order valence-electron chi connectivity index (χ2n) is 7.57. The van der Waals surface area contributed by atoms with Gasteiger partial charge in [-0.2, -0.15) is 0 Å². The van der Waals surface area contributed by atoms with Crippen LogP contribution in [0.25, 0.3) is 0 Å². The van der Waals surface area contributed by atoms with E-state index in [1.54, 1.807) is 0 Å². The van der Waals surface area contributed by atoms with Crippen molar-refractivity contribution < 1.29 is 54.8 Å². The lowest BCUT2D eigenvalue weighted by Crippen LogP contribution is -2.60. The number of carbonyl (C=O) groups is 1. The predicted molar refractivity (Wildman–Crippen MR) is 104 cm³/mol. The van der Waals surface area contributed by atoms with Crippen LogP contribution in [0.3, 0.4) is 0 Å². The zero-order chi connectivity index (χ0) is 23.2. The molecule has 0 spiro atoms. The molecule has 172 valence electrons. The molecular formula is C21H22O11. The van der Waals surface area contributed by atoms with Gasteiger partial charge in [-0.15, -0.1) is 0 Å². The van der Waals surface area contributed by atoms with Crippen LogP contribution in [0.2, 0.25) is 0 Å². The van der Waals surface area contributed by atoms with E-state index >= 15 is 0 Å². The number of benzene rings is 2. The minimum Gasteiger partial charge on any atom is -0.508 e. The number of aliphatic hydroxyl groups excluding tert-OH is 5. The fourth-order valence-electron chi connectivity index (χ4n) is 3.70. The van der Waals surface area contributed by atoms with E-state index in [0.29, 0.717) is 5.56 Å². The number of hydrogen-bond acceptors (Lipinski definition) is 11. The number of rotatable bonds is 4. The maximum Gasteiger partial charge on any atom is 0.229 e. The van der Waals surface area contributed by atoms with Gasteiger partial charge in [0, 0.05) is 12.1 Å². The van der Waals surface area contributed by atoms with Crippen molar-refractivity contribution in [2.45, 2.75) is 42.9 Å². The summed E-state index contributed by atoms with van der Waals surface area (Å²) in [4.78, 5) is 13.0. The van der Waals surface area contributed by atoms with Crippen LogP contribution in [0.1, 0.15) is 22.0 Å². The van der Waals surface area contributed by atoms with Crippen LogP contribution in [0.4, 0.5) is 0 Å². The summed E-state index contributed by atoms with van der Waals surface area (Å²) < 4.78 is 16.5. The first-order valence-corrected chi connectivity index (χ1v) is 9.73. The summed E-state index contributed by atoms with van der Waals surface area (Å²) in [6.45, 7) is -0.683. The standard InChI is InChI=1S/C21H22O11/c22-7-13-15(25)17(27)19(29)21(32-13)31-12-6-10(24)5-11-14(12)16(26)18(28)20(30-11)8-1-3-9(23)4-2-8/h1-6,13,15,17-25,27-29H,7H2/t13-,15-,17+,18+,19-,20-,21-/m1/s1. The number of phenols is 2. The third-order valence-electron chi connectivity index (χ3n) is 5.42. The zero-order valence-electron chi connectivity index (χ0n) is 16.5. The molecule has 0 radical (unpaired) electrons. The van der Waals surface area contributed by atoms with Gasteiger partial charge in [0.2, 0.25) is 12.1 Å². The molecule has 0 aromatic heterocycles. The highest BCUT2D eigenvalue weighted by molar-refractivity contribution is 6.05. The molecule has 0 amide bonds. The van der Waals surface area contributed by atoms with Crippen molar-refractivity contribution in [2.75, 3.05) is 6.61 Å². The van der Waals surface area contributed by atoms with Crippen molar-refractivity contribution in [3.8, 4) is 23.0 Å². The van der Waals surface area contributed by atoms with Crippen LogP contribution in [0.15, 0.2) is 36.4 Å². The number of ether oxygens (including phenoxy) is 3. The van der Waals surface area contributed by atoms with Gasteiger partial charge in [0.25, 0.3) is 0 Å². The van der Waals surface area contributed by atoms with Crippen LogP contribution in [0.5, 0.6) is 23.0 Å². The van der Waals surface area contributed by atoms with Gasteiger partial charge in [-0.1, -0.05) is 12.1 Å². The van der Waals surface area contributed by atoms with Crippen LogP contribution in [-0.2, 0) is 4.74 Å². The predicted octanol–water partition coefficient (Wildman–Crippen LogP) is -1.05. The molecule has 2 aromatic carbocycles. The number of Topliss-reactive ketones (excluding diaryl/α,β-unsaturated/α-hetero) is 1. The normalized spacial score (nSPS) is 32.2. The third kappa shape index (κ3) is 3.86. The first-order valence-electron chi connectivity index (χ1n) is 9.73. The molecule has 7 atom stereocenters. The number of carbonyl (C=O) groups excluding carboxylic acids is 1. The van der Waals surface area contributed by atoms with Crippen LogP contribution < -0.4 is 9.47 Å². The summed E-state index contributed by atoms with van der Waals surface area (Å²) in [6.07, 6.45) is -10.7. The minimum atomic E-state index is -1.75. The monoisotopic (exact) mass is 450 g/mol. The molecule has 2 aliphatic rings. The van der Waals surface area contributed by atoms with Crippen LogP contribution in [0, 0.1) is 0 Å². The topological polar surface area (TPSA) is 186 Å². The van der Waals surface area contributed by atoms with Gasteiger partial charge in [0.05, 0.1) is 6.61 Å². The molecule has 2 aromatic rings. The van der Waals surface area contributed by atoms with Crippen molar-refractivity contribution in [1.82, 2.24) is 0 Å². The average Bonchev–Trinajstić information content (AvgIpc) is 2.77. The lowest BCUT2D eigenvalue weighted by atomic mass is 9.92. The molecule has 1 saturated heterocycles. The van der Waals surface area contributed by atoms with Crippen LogP contribution in [-0.4, -0.2) is 84.9 Å². The van der Waals surface area contributed by atoms with Crippen molar-refractivity contribution in [3.63, 3.8) is 0 Å². The first kappa shape index (κ1) is 22.3. The molecule has 2 heterocycles. The summed E-state index contributed by atoms with van der Waals surface area (Å²) in [5.74, 6) is -1.60. The van der Waals surface area contributed by atoms with Gasteiger partial charge in [-0.25, -0.2) is 0 Å². The van der Waals surface area contributed by atoms with E-state index in [4.69, 9.17) is 14.2 Å². The van der Waals surface area contributed by atoms with E-state index in [1.165, 1.54) is 24.3 Å². The molecule has 11 heteroatoms. The Morgan fingerprint density at radius 2 is 1.59 bits per heavy atom. The van der Waals surface area contributed by atoms with Crippen molar-refractivity contribution in [3.05, 3.63) is 47.5 Å². The molecule has 0 unspecified atom stereocenters. The van der Waals surface area contributed by atoms with Gasteiger partial charge in [-0.3, -0.25) is 4.79 Å². The highest BCUT2D eigenvalue weighted by Crippen LogP contribution is 2.43. The second kappa shape index (κ2) is 8.54. The average molecular weight is 450 g/mol. The Morgan fingerprint density at radius 1 is 0.906 bits per heavy atom. The van der Waals surface area contributed by atoms with Gasteiger partial charge in [-0.05, 0) is 17.7 Å². The maximum absolute atomic E-state index is 13.0. The Kier molecular flexibility index (Phi) is 5.95. The molecule has 4 rings (SSSR count). The molecule has 0 saturated carbocycles. The molecule has 0 aliphatic carbocycles. The number of fused-ring (bicyclic) bond motifs is 1. The van der Waals surface area contributed by atoms with Gasteiger partial charge < -0.3 is 50.0 Å². The Bertz CT molecular complexity index is 990. The van der Waals surface area contributed by atoms with E-state index in [2.05, 4.69) is 0 Å². The van der Waals surface area contributed by atoms with E-state index in [9.17, 15) is 40.5 Å². The lowest BCUT2D eigenvalue weighted by Gasteiger charge is -2.40. The maximum atomic E-state index is 13.0. The third-order valence-corrected chi connectivity index (χ3v) is 5.42. The highest BCUT2D eigenvalue weighted by Gasteiger charge is 2.46. The molecule has 32 heavy (non-hydrogen) atoms. The Labute approximate surface area is 181 Å². The fourth-order valence-corrected chi connectivity index (χ4v) is 3.70. The number of phenolic OH excluding ortho intramolecular Hbond substituents is 2. The largest absolute Gasteiger partial charge is 0.508 e. The van der Waals surface area contributed by atoms with E-state index in [1.807, 2.05) is 0 Å². The molecular weight excluding hydrogens is 428 g/mol. The molecule has 7 N–H and O–H groups in total. The van der Waals surface area contributed by atoms with Crippen molar-refractivity contribution in [1.29, 1.82) is 0 Å². The highest BCUT2D eigenvalue weighted by atomic mass is 16.7. The van der Waals surface area contributed by atoms with E-state index < -0.39 is 55.3 Å². The minimum absolute atomic E-state index is 0.0152. The fraction of sp³-hybridized carbons (Fsp3) is 0.381. The molecule has 1 fully saturated rings. The van der Waals surface area contributed by atoms with Gasteiger partial charge in [0.15, 0.2) is 12.2 Å². The van der Waals surface area contributed by atoms with E-state index in [0.717, 1.165) is 12.1 Å². The van der Waals surface area contributed by atoms with E-state index in [-0.39, 0.29) is 28.6 Å². The molecule has 2 aliphatic heterocycles. The van der Waals surface area contributed by atoms with Gasteiger partial charge in [0.1, 0.15) is 53.0 Å². The Morgan fingerprint density at radius 3 is 2.25 bits per heavy atom. The summed E-state index contributed by atoms with van der Waals surface area (Å²) in [5.41, 5.74) is 0.163. The number of aliphatic hydroxyl groups is 5. The summed E-state index contributed by atoms with van der Waals surface area (Å²) in [5, 5.41) is 69.5. The second-order valence-corrected chi connectivity index (χ2v) is 7.57. The first-order chi connectivity index (χ1) is 15.2. The van der Waals surface area contributed by atoms with Gasteiger partial charge >= 0.3 is 0 Å². The Balaban J connectivity index is 1.67. The smallest absolute Gasteiger partial charge is 0.229 e. The summed E-state index contributed by atoms with van der Waals surface area (Å²) in [6, 6.07) is 7.84. The quantitative estimate of drug-likeness (QED) is 0.301. The lowest BCUT2D eigenvalue weighted by molar-refractivity contribution is -0.277. The summed E-state index contributed by atoms with van der Waals surface area (Å²) in [7, 11) is 0. The van der Waals surface area contributed by atoms with Crippen LogP contribution >= 0.6 is 0 Å². The van der Waals surface area contributed by atoms with Crippen molar-refractivity contribution >= 4 is 5.78 Å². The number of aromatic hydroxyl groups is 2.